The molecular formula is C21H20F2N2O4. The molecule has 0 aliphatic heterocycles. The summed E-state index contributed by atoms with van der Waals surface area (Å²) < 4.78 is 33.4. The summed E-state index contributed by atoms with van der Waals surface area (Å²) >= 11 is 0. The topological polar surface area (TPSA) is 80.4 Å². The van der Waals surface area contributed by atoms with Gasteiger partial charge in [-0.1, -0.05) is 18.2 Å². The van der Waals surface area contributed by atoms with E-state index in [-0.39, 0.29) is 12.2 Å². The molecule has 0 aliphatic rings. The van der Waals surface area contributed by atoms with Crippen LogP contribution in [-0.4, -0.2) is 30.1 Å². The number of hydrogen-bond donors (Lipinski definition) is 2. The Morgan fingerprint density at radius 1 is 1.07 bits per heavy atom. The maximum Gasteiger partial charge on any atom is 0.387 e. The average Bonchev–Trinajstić information content (AvgIpc) is 3.11. The Morgan fingerprint density at radius 3 is 2.59 bits per heavy atom. The van der Waals surface area contributed by atoms with Crippen molar-refractivity contribution in [2.24, 2.45) is 0 Å². The molecule has 0 spiro atoms. The fourth-order valence-corrected chi connectivity index (χ4v) is 2.90. The van der Waals surface area contributed by atoms with Crippen molar-refractivity contribution >= 4 is 28.5 Å². The molecule has 1 aromatic heterocycles. The molecule has 0 fully saturated rings. The number of benzene rings is 2. The van der Waals surface area contributed by atoms with E-state index >= 15 is 0 Å². The van der Waals surface area contributed by atoms with Crippen LogP contribution in [0.5, 0.6) is 5.75 Å². The molecule has 6 nitrogen and oxygen atoms in total. The van der Waals surface area contributed by atoms with E-state index in [1.807, 2.05) is 30.5 Å². The second-order valence-electron chi connectivity index (χ2n) is 6.32. The number of nitrogens with one attached hydrogen (secondary N) is 2. The number of anilines is 1. The summed E-state index contributed by atoms with van der Waals surface area (Å²) in [6, 6.07) is 13.4. The third-order valence-corrected chi connectivity index (χ3v) is 4.23. The Balaban J connectivity index is 1.37. The Hall–Kier alpha value is -3.42. The van der Waals surface area contributed by atoms with Crippen LogP contribution in [0.25, 0.3) is 10.9 Å². The molecule has 152 valence electrons. The van der Waals surface area contributed by atoms with Crippen LogP contribution in [0.2, 0.25) is 0 Å². The van der Waals surface area contributed by atoms with Crippen LogP contribution in [0.1, 0.15) is 18.4 Å². The Morgan fingerprint density at radius 2 is 1.83 bits per heavy atom. The molecule has 3 rings (SSSR count). The van der Waals surface area contributed by atoms with E-state index in [0.717, 1.165) is 22.9 Å². The number of amides is 1. The molecule has 0 saturated heterocycles. The first-order valence-electron chi connectivity index (χ1n) is 9.06. The quantitative estimate of drug-likeness (QED) is 0.524. The summed E-state index contributed by atoms with van der Waals surface area (Å²) in [5.74, 6) is -0.988. The third kappa shape index (κ3) is 6.03. The van der Waals surface area contributed by atoms with Crippen molar-refractivity contribution in [2.45, 2.75) is 25.9 Å². The second-order valence-corrected chi connectivity index (χ2v) is 6.32. The number of aryl methyl sites for hydroxylation is 1. The number of fused-ring (bicyclic) bond motifs is 1. The predicted octanol–water partition coefficient (Wildman–Crippen LogP) is 4.27. The largest absolute Gasteiger partial charge is 0.456 e. The first kappa shape index (κ1) is 20.3. The normalized spacial score (nSPS) is 10.9. The molecular weight excluding hydrogens is 382 g/mol. The summed E-state index contributed by atoms with van der Waals surface area (Å²) in [5.41, 5.74) is 2.56. The van der Waals surface area contributed by atoms with Crippen molar-refractivity contribution in [1.29, 1.82) is 0 Å². The molecule has 3 aromatic rings. The number of ether oxygens (including phenoxy) is 2. The molecule has 0 atom stereocenters. The van der Waals surface area contributed by atoms with E-state index in [1.54, 1.807) is 0 Å². The molecule has 1 amide bonds. The van der Waals surface area contributed by atoms with Gasteiger partial charge in [0.1, 0.15) is 5.75 Å². The molecule has 0 radical (unpaired) electrons. The van der Waals surface area contributed by atoms with Crippen LogP contribution < -0.4 is 10.1 Å². The van der Waals surface area contributed by atoms with E-state index in [0.29, 0.717) is 12.1 Å². The molecule has 1 heterocycles. The minimum absolute atomic E-state index is 0.0142. The van der Waals surface area contributed by atoms with Crippen molar-refractivity contribution in [3.8, 4) is 5.75 Å². The minimum atomic E-state index is -2.91. The zero-order valence-electron chi connectivity index (χ0n) is 15.5. The number of para-hydroxylation sites is 1. The Labute approximate surface area is 165 Å². The first-order valence-corrected chi connectivity index (χ1v) is 9.06. The van der Waals surface area contributed by atoms with Crippen molar-refractivity contribution in [3.05, 3.63) is 60.3 Å². The van der Waals surface area contributed by atoms with E-state index in [2.05, 4.69) is 15.0 Å². The smallest absolute Gasteiger partial charge is 0.387 e. The van der Waals surface area contributed by atoms with Gasteiger partial charge in [-0.05, 0) is 48.7 Å². The highest BCUT2D eigenvalue weighted by Crippen LogP contribution is 2.20. The predicted molar refractivity (Wildman–Crippen MR) is 104 cm³/mol. The molecule has 29 heavy (non-hydrogen) atoms. The van der Waals surface area contributed by atoms with Crippen LogP contribution in [0.4, 0.5) is 14.5 Å². The van der Waals surface area contributed by atoms with E-state index in [9.17, 15) is 18.4 Å². The van der Waals surface area contributed by atoms with Gasteiger partial charge in [0.25, 0.3) is 5.91 Å². The van der Waals surface area contributed by atoms with E-state index < -0.39 is 25.1 Å². The number of aromatic amines is 1. The van der Waals surface area contributed by atoms with Gasteiger partial charge in [0.15, 0.2) is 6.61 Å². The lowest BCUT2D eigenvalue weighted by molar-refractivity contribution is -0.147. The van der Waals surface area contributed by atoms with Crippen LogP contribution in [0.3, 0.4) is 0 Å². The molecule has 0 saturated carbocycles. The summed E-state index contributed by atoms with van der Waals surface area (Å²) in [7, 11) is 0. The van der Waals surface area contributed by atoms with Crippen molar-refractivity contribution in [1.82, 2.24) is 4.98 Å². The lowest BCUT2D eigenvalue weighted by Crippen LogP contribution is -2.20. The lowest BCUT2D eigenvalue weighted by Gasteiger charge is -2.08. The maximum absolute atomic E-state index is 12.1. The van der Waals surface area contributed by atoms with E-state index in [1.165, 1.54) is 24.3 Å². The number of H-pyrrole nitrogens is 1. The van der Waals surface area contributed by atoms with Gasteiger partial charge in [-0.2, -0.15) is 8.78 Å². The Kier molecular flexibility index (Phi) is 6.78. The van der Waals surface area contributed by atoms with Crippen molar-refractivity contribution in [3.63, 3.8) is 0 Å². The number of rotatable bonds is 9. The molecule has 0 aliphatic carbocycles. The second kappa shape index (κ2) is 9.68. The summed E-state index contributed by atoms with van der Waals surface area (Å²) in [6.45, 7) is -3.33. The molecule has 0 bridgehead atoms. The average molecular weight is 402 g/mol. The van der Waals surface area contributed by atoms with Gasteiger partial charge in [0, 0.05) is 29.2 Å². The van der Waals surface area contributed by atoms with Crippen LogP contribution >= 0.6 is 0 Å². The molecule has 0 unspecified atom stereocenters. The monoisotopic (exact) mass is 402 g/mol. The zero-order valence-corrected chi connectivity index (χ0v) is 15.5. The van der Waals surface area contributed by atoms with Crippen LogP contribution in [-0.2, 0) is 20.7 Å². The third-order valence-electron chi connectivity index (χ3n) is 4.23. The zero-order chi connectivity index (χ0) is 20.6. The van der Waals surface area contributed by atoms with Gasteiger partial charge < -0.3 is 19.8 Å². The van der Waals surface area contributed by atoms with Gasteiger partial charge in [0.05, 0.1) is 0 Å². The highest BCUT2D eigenvalue weighted by Gasteiger charge is 2.10. The highest BCUT2D eigenvalue weighted by molar-refractivity contribution is 5.92. The van der Waals surface area contributed by atoms with Gasteiger partial charge in [-0.3, -0.25) is 9.59 Å². The number of carbonyl (C=O) groups is 2. The minimum Gasteiger partial charge on any atom is -0.456 e. The van der Waals surface area contributed by atoms with Crippen LogP contribution in [0, 0.1) is 0 Å². The standard InChI is InChI=1S/C21H20F2N2O4/c22-21(23)29-16-10-8-15(9-11-16)25-19(26)13-28-20(27)7-3-4-14-12-24-18-6-2-1-5-17(14)18/h1-2,5-6,8-12,21,24H,3-4,7,13H2,(H,25,26). The van der Waals surface area contributed by atoms with Crippen molar-refractivity contribution in [2.75, 3.05) is 11.9 Å². The van der Waals surface area contributed by atoms with Gasteiger partial charge in [-0.25, -0.2) is 0 Å². The number of aromatic nitrogens is 1. The van der Waals surface area contributed by atoms with Gasteiger partial charge >= 0.3 is 12.6 Å². The molecule has 2 N–H and O–H groups in total. The SMILES string of the molecule is O=C(COC(=O)CCCc1c[nH]c2ccccc12)Nc1ccc(OC(F)F)cc1. The first-order chi connectivity index (χ1) is 14.0. The summed E-state index contributed by atoms with van der Waals surface area (Å²) in [4.78, 5) is 26.9. The Bertz CT molecular complexity index is 970. The van der Waals surface area contributed by atoms with Crippen LogP contribution in [0.15, 0.2) is 54.7 Å². The number of alkyl halides is 2. The van der Waals surface area contributed by atoms with Gasteiger partial charge in [0.2, 0.25) is 0 Å². The highest BCUT2D eigenvalue weighted by atomic mass is 19.3. The summed E-state index contributed by atoms with van der Waals surface area (Å²) in [6.07, 6.45) is 3.46. The van der Waals surface area contributed by atoms with Crippen molar-refractivity contribution < 1.29 is 27.8 Å². The van der Waals surface area contributed by atoms with E-state index in [4.69, 9.17) is 4.74 Å². The fraction of sp³-hybridized carbons (Fsp3) is 0.238. The van der Waals surface area contributed by atoms with Gasteiger partial charge in [-0.15, -0.1) is 0 Å². The summed E-state index contributed by atoms with van der Waals surface area (Å²) in [5, 5.41) is 3.64. The fourth-order valence-electron chi connectivity index (χ4n) is 2.90. The lowest BCUT2D eigenvalue weighted by atomic mass is 10.1. The molecule has 8 heteroatoms. The molecule has 2 aromatic carbocycles. The maximum atomic E-state index is 12.1. The number of carbonyl (C=O) groups excluding carboxylic acids is 2. The number of hydrogen-bond acceptors (Lipinski definition) is 4. The number of esters is 1. The number of halogens is 2.